The fourth-order valence-corrected chi connectivity index (χ4v) is 3.96. The van der Waals surface area contributed by atoms with E-state index in [2.05, 4.69) is 5.32 Å². The van der Waals surface area contributed by atoms with Crippen molar-refractivity contribution in [3.8, 4) is 5.75 Å². The maximum absolute atomic E-state index is 12.9. The van der Waals surface area contributed by atoms with E-state index in [9.17, 15) is 19.5 Å². The lowest BCUT2D eigenvalue weighted by Gasteiger charge is -2.27. The van der Waals surface area contributed by atoms with Gasteiger partial charge < -0.3 is 15.2 Å². The molecule has 0 radical (unpaired) electrons. The van der Waals surface area contributed by atoms with Crippen molar-refractivity contribution >= 4 is 28.5 Å². The Hall–Kier alpha value is -3.71. The summed E-state index contributed by atoms with van der Waals surface area (Å²) >= 11 is 0. The average molecular weight is 447 g/mol. The molecule has 7 nitrogen and oxygen atoms in total. The molecule has 0 aromatic heterocycles. The highest BCUT2D eigenvalue weighted by Crippen LogP contribution is 2.30. The third-order valence-corrected chi connectivity index (χ3v) is 5.61. The standard InChI is InChI=1S/C26H26N2O5/c1-17-6-2-9-20(14-17)33-16-19(29)15-27-23(30)12-5-13-28-25(31)21-10-3-7-18-8-4-11-22(24(18)21)26(28)32/h2-4,6-11,14,19,29H,5,12-13,15-16H2,1H3,(H,27,30). The van der Waals surface area contributed by atoms with Crippen molar-refractivity contribution in [1.29, 1.82) is 0 Å². The molecular weight excluding hydrogens is 420 g/mol. The van der Waals surface area contributed by atoms with Crippen molar-refractivity contribution in [1.82, 2.24) is 10.2 Å². The highest BCUT2D eigenvalue weighted by molar-refractivity contribution is 6.25. The highest BCUT2D eigenvalue weighted by Gasteiger charge is 2.32. The van der Waals surface area contributed by atoms with Gasteiger partial charge >= 0.3 is 0 Å². The molecule has 1 unspecified atom stereocenters. The normalized spacial score (nSPS) is 13.8. The van der Waals surface area contributed by atoms with E-state index in [-0.39, 0.29) is 43.8 Å². The van der Waals surface area contributed by atoms with Gasteiger partial charge in [-0.25, -0.2) is 0 Å². The Bertz CT molecular complexity index is 1160. The molecule has 0 spiro atoms. The number of aliphatic hydroxyl groups excluding tert-OH is 1. The van der Waals surface area contributed by atoms with Crippen LogP contribution in [0.1, 0.15) is 39.1 Å². The van der Waals surface area contributed by atoms with E-state index in [0.717, 1.165) is 10.9 Å². The molecule has 170 valence electrons. The summed E-state index contributed by atoms with van der Waals surface area (Å²) in [6.07, 6.45) is -0.386. The molecule has 1 aliphatic heterocycles. The number of nitrogens with one attached hydrogen (secondary N) is 1. The zero-order valence-corrected chi connectivity index (χ0v) is 18.4. The summed E-state index contributed by atoms with van der Waals surface area (Å²) in [6, 6.07) is 18.3. The predicted octanol–water partition coefficient (Wildman–Crippen LogP) is 3.08. The van der Waals surface area contributed by atoms with Crippen LogP contribution in [0, 0.1) is 6.92 Å². The van der Waals surface area contributed by atoms with E-state index in [1.807, 2.05) is 37.3 Å². The van der Waals surface area contributed by atoms with Crippen LogP contribution in [0.3, 0.4) is 0 Å². The fraction of sp³-hybridized carbons (Fsp3) is 0.269. The predicted molar refractivity (Wildman–Crippen MR) is 124 cm³/mol. The van der Waals surface area contributed by atoms with Gasteiger partial charge in [-0.1, -0.05) is 36.4 Å². The van der Waals surface area contributed by atoms with Gasteiger partial charge in [0.15, 0.2) is 0 Å². The minimum atomic E-state index is -0.850. The average Bonchev–Trinajstić information content (AvgIpc) is 2.82. The third-order valence-electron chi connectivity index (χ3n) is 5.61. The Balaban J connectivity index is 1.24. The number of rotatable bonds is 9. The molecule has 0 saturated heterocycles. The maximum atomic E-state index is 12.9. The molecule has 1 heterocycles. The molecule has 0 bridgehead atoms. The van der Waals surface area contributed by atoms with Gasteiger partial charge in [0, 0.05) is 36.0 Å². The lowest BCUT2D eigenvalue weighted by molar-refractivity contribution is -0.121. The van der Waals surface area contributed by atoms with Gasteiger partial charge in [-0.15, -0.1) is 0 Å². The van der Waals surface area contributed by atoms with Crippen LogP contribution in [0.2, 0.25) is 0 Å². The zero-order chi connectivity index (χ0) is 23.4. The molecular formula is C26H26N2O5. The Morgan fingerprint density at radius 3 is 2.36 bits per heavy atom. The van der Waals surface area contributed by atoms with E-state index >= 15 is 0 Å². The van der Waals surface area contributed by atoms with Crippen LogP contribution >= 0.6 is 0 Å². The van der Waals surface area contributed by atoms with Gasteiger partial charge in [-0.3, -0.25) is 19.3 Å². The molecule has 2 N–H and O–H groups in total. The number of hydrogen-bond donors (Lipinski definition) is 2. The van der Waals surface area contributed by atoms with Crippen LogP contribution in [-0.4, -0.2) is 53.5 Å². The van der Waals surface area contributed by atoms with Gasteiger partial charge in [0.05, 0.1) is 0 Å². The Morgan fingerprint density at radius 2 is 1.70 bits per heavy atom. The second kappa shape index (κ2) is 9.83. The van der Waals surface area contributed by atoms with Gasteiger partial charge in [-0.2, -0.15) is 0 Å². The lowest BCUT2D eigenvalue weighted by Crippen LogP contribution is -2.41. The second-order valence-corrected chi connectivity index (χ2v) is 8.16. The maximum Gasteiger partial charge on any atom is 0.261 e. The molecule has 1 atom stereocenters. The number of carbonyl (C=O) groups excluding carboxylic acids is 3. The molecule has 7 heteroatoms. The van der Waals surface area contributed by atoms with Crippen molar-refractivity contribution in [2.45, 2.75) is 25.9 Å². The van der Waals surface area contributed by atoms with Crippen molar-refractivity contribution in [2.24, 2.45) is 0 Å². The number of imide groups is 1. The SMILES string of the molecule is Cc1cccc(OCC(O)CNC(=O)CCCN2C(=O)c3cccc4cccc(c34)C2=O)c1. The number of aryl methyl sites for hydroxylation is 1. The van der Waals surface area contributed by atoms with Gasteiger partial charge in [-0.05, 0) is 48.6 Å². The molecule has 0 aliphatic carbocycles. The molecule has 0 saturated carbocycles. The first-order valence-corrected chi connectivity index (χ1v) is 11.0. The minimum Gasteiger partial charge on any atom is -0.491 e. The monoisotopic (exact) mass is 446 g/mol. The third kappa shape index (κ3) is 5.04. The van der Waals surface area contributed by atoms with E-state index in [0.29, 0.717) is 28.7 Å². The summed E-state index contributed by atoms with van der Waals surface area (Å²) in [7, 11) is 0. The topological polar surface area (TPSA) is 95.9 Å². The fourth-order valence-electron chi connectivity index (χ4n) is 3.96. The highest BCUT2D eigenvalue weighted by atomic mass is 16.5. The smallest absolute Gasteiger partial charge is 0.261 e. The summed E-state index contributed by atoms with van der Waals surface area (Å²) in [5.41, 5.74) is 2.06. The van der Waals surface area contributed by atoms with Crippen molar-refractivity contribution in [3.63, 3.8) is 0 Å². The zero-order valence-electron chi connectivity index (χ0n) is 18.4. The van der Waals surface area contributed by atoms with Gasteiger partial charge in [0.1, 0.15) is 18.5 Å². The number of ether oxygens (including phenoxy) is 1. The molecule has 1 aliphatic rings. The van der Waals surface area contributed by atoms with Gasteiger partial charge in [0.2, 0.25) is 5.91 Å². The number of carbonyl (C=O) groups is 3. The lowest BCUT2D eigenvalue weighted by atomic mass is 9.94. The number of aliphatic hydroxyl groups is 1. The van der Waals surface area contributed by atoms with Crippen LogP contribution in [-0.2, 0) is 4.79 Å². The Labute approximate surface area is 192 Å². The van der Waals surface area contributed by atoms with Crippen molar-refractivity contribution in [3.05, 3.63) is 77.4 Å². The number of nitrogens with zero attached hydrogens (tertiary/aromatic N) is 1. The second-order valence-electron chi connectivity index (χ2n) is 8.16. The summed E-state index contributed by atoms with van der Waals surface area (Å²) in [5.74, 6) is -0.278. The number of hydrogen-bond acceptors (Lipinski definition) is 5. The van der Waals surface area contributed by atoms with Crippen molar-refractivity contribution < 1.29 is 24.2 Å². The van der Waals surface area contributed by atoms with E-state index < -0.39 is 6.10 Å². The van der Waals surface area contributed by atoms with E-state index in [4.69, 9.17) is 4.74 Å². The molecule has 3 amide bonds. The Kier molecular flexibility index (Phi) is 6.70. The van der Waals surface area contributed by atoms with E-state index in [1.54, 1.807) is 30.3 Å². The molecule has 0 fully saturated rings. The Morgan fingerprint density at radius 1 is 1.03 bits per heavy atom. The molecule has 33 heavy (non-hydrogen) atoms. The van der Waals surface area contributed by atoms with Crippen LogP contribution in [0.5, 0.6) is 5.75 Å². The van der Waals surface area contributed by atoms with E-state index in [1.165, 1.54) is 4.90 Å². The largest absolute Gasteiger partial charge is 0.491 e. The summed E-state index contributed by atoms with van der Waals surface area (Å²) in [5, 5.41) is 14.3. The van der Waals surface area contributed by atoms with Crippen LogP contribution in [0.4, 0.5) is 0 Å². The quantitative estimate of drug-likeness (QED) is 0.493. The van der Waals surface area contributed by atoms with Crippen LogP contribution in [0.15, 0.2) is 60.7 Å². The first-order valence-electron chi connectivity index (χ1n) is 11.0. The minimum absolute atomic E-state index is 0.0571. The number of benzene rings is 3. The van der Waals surface area contributed by atoms with Crippen LogP contribution < -0.4 is 10.1 Å². The molecule has 4 rings (SSSR count). The summed E-state index contributed by atoms with van der Waals surface area (Å²) < 4.78 is 5.53. The first-order chi connectivity index (χ1) is 15.9. The first kappa shape index (κ1) is 22.5. The van der Waals surface area contributed by atoms with Crippen molar-refractivity contribution in [2.75, 3.05) is 19.7 Å². The number of amides is 3. The molecule has 3 aromatic rings. The summed E-state index contributed by atoms with van der Waals surface area (Å²) in [4.78, 5) is 39.1. The summed E-state index contributed by atoms with van der Waals surface area (Å²) in [6.45, 7) is 2.22. The molecule has 3 aromatic carbocycles. The van der Waals surface area contributed by atoms with Gasteiger partial charge in [0.25, 0.3) is 11.8 Å². The van der Waals surface area contributed by atoms with Crippen LogP contribution in [0.25, 0.3) is 10.8 Å².